The summed E-state index contributed by atoms with van der Waals surface area (Å²) >= 11 is 0. The number of aromatic nitrogens is 1. The molecule has 1 aromatic carbocycles. The van der Waals surface area contributed by atoms with Crippen LogP contribution in [-0.2, 0) is 13.0 Å². The molecule has 1 saturated carbocycles. The van der Waals surface area contributed by atoms with E-state index in [0.717, 1.165) is 42.6 Å². The number of carbonyl (C=O) groups excluding carboxylic acids is 1. The molecule has 1 aromatic heterocycles. The van der Waals surface area contributed by atoms with Crippen molar-refractivity contribution in [3.8, 4) is 22.8 Å². The first-order valence-electron chi connectivity index (χ1n) is 7.98. The first-order valence-corrected chi connectivity index (χ1v) is 7.98. The standard InChI is InChI=1S/C18H17F2NO3/c1-23-14-8-11-4-6-21-7-5-12(17(22)10-2-3-10)16(21)13(11)9-15(14)24-18(19)20/h5,7-10,18H,2-4,6H2,1H3. The number of methoxy groups -OCH3 is 1. The minimum Gasteiger partial charge on any atom is -0.493 e. The molecule has 2 aliphatic rings. The minimum absolute atomic E-state index is 0.00859. The van der Waals surface area contributed by atoms with E-state index >= 15 is 0 Å². The minimum atomic E-state index is -2.93. The third-order valence-electron chi connectivity index (χ3n) is 4.66. The maximum absolute atomic E-state index is 12.7. The SMILES string of the molecule is COc1cc2c(cc1OC(F)F)-c1c(C(=O)C3CC3)ccn1CC2. The van der Waals surface area contributed by atoms with Crippen LogP contribution in [-0.4, -0.2) is 24.1 Å². The fourth-order valence-electron chi connectivity index (χ4n) is 3.34. The van der Waals surface area contributed by atoms with Crippen LogP contribution >= 0.6 is 0 Å². The lowest BCUT2D eigenvalue weighted by Crippen LogP contribution is -2.14. The molecule has 0 spiro atoms. The van der Waals surface area contributed by atoms with Gasteiger partial charge in [0.1, 0.15) is 0 Å². The smallest absolute Gasteiger partial charge is 0.387 e. The molecule has 4 rings (SSSR count). The number of hydrogen-bond acceptors (Lipinski definition) is 3. The zero-order valence-electron chi connectivity index (χ0n) is 13.2. The molecule has 0 bridgehead atoms. The van der Waals surface area contributed by atoms with Gasteiger partial charge < -0.3 is 14.0 Å². The van der Waals surface area contributed by atoms with Crippen molar-refractivity contribution < 1.29 is 23.0 Å². The van der Waals surface area contributed by atoms with E-state index in [9.17, 15) is 13.6 Å². The number of carbonyl (C=O) groups is 1. The third-order valence-corrected chi connectivity index (χ3v) is 4.66. The molecule has 2 heterocycles. The van der Waals surface area contributed by atoms with E-state index in [1.54, 1.807) is 12.1 Å². The lowest BCUT2D eigenvalue weighted by Gasteiger charge is -2.23. The maximum Gasteiger partial charge on any atom is 0.387 e. The molecular weight excluding hydrogens is 316 g/mol. The number of hydrogen-bond donors (Lipinski definition) is 0. The highest BCUT2D eigenvalue weighted by atomic mass is 19.3. The molecular formula is C18H17F2NO3. The number of rotatable bonds is 5. The normalized spacial score (nSPS) is 15.8. The van der Waals surface area contributed by atoms with Crippen molar-refractivity contribution in [2.45, 2.75) is 32.4 Å². The van der Waals surface area contributed by atoms with Gasteiger partial charge in [-0.2, -0.15) is 8.78 Å². The lowest BCUT2D eigenvalue weighted by molar-refractivity contribution is -0.0512. The second kappa shape index (κ2) is 5.61. The van der Waals surface area contributed by atoms with Crippen molar-refractivity contribution in [3.63, 3.8) is 0 Å². The van der Waals surface area contributed by atoms with Crippen LogP contribution in [0.25, 0.3) is 11.3 Å². The molecule has 1 fully saturated rings. The van der Waals surface area contributed by atoms with Crippen LogP contribution in [0, 0.1) is 5.92 Å². The van der Waals surface area contributed by atoms with Crippen LogP contribution in [0.2, 0.25) is 0 Å². The van der Waals surface area contributed by atoms with Gasteiger partial charge in [0.05, 0.1) is 12.8 Å². The van der Waals surface area contributed by atoms with Crippen molar-refractivity contribution >= 4 is 5.78 Å². The van der Waals surface area contributed by atoms with Gasteiger partial charge in [-0.25, -0.2) is 0 Å². The number of halogens is 2. The molecule has 0 radical (unpaired) electrons. The Morgan fingerprint density at radius 2 is 2.08 bits per heavy atom. The lowest BCUT2D eigenvalue weighted by atomic mass is 9.93. The molecule has 0 atom stereocenters. The predicted molar refractivity (Wildman–Crippen MR) is 83.8 cm³/mol. The van der Waals surface area contributed by atoms with Gasteiger partial charge in [0.15, 0.2) is 17.3 Å². The fraction of sp³-hybridized carbons (Fsp3) is 0.389. The van der Waals surface area contributed by atoms with Gasteiger partial charge in [0.25, 0.3) is 0 Å². The van der Waals surface area contributed by atoms with E-state index in [-0.39, 0.29) is 23.2 Å². The number of Topliss-reactive ketones (excluding diaryl/α,β-unsaturated/α-hetero) is 1. The summed E-state index contributed by atoms with van der Waals surface area (Å²) < 4.78 is 37.2. The van der Waals surface area contributed by atoms with Crippen molar-refractivity contribution in [3.05, 3.63) is 35.5 Å². The molecule has 4 nitrogen and oxygen atoms in total. The molecule has 0 N–H and O–H groups in total. The number of ether oxygens (including phenoxy) is 2. The molecule has 1 aliphatic carbocycles. The first kappa shape index (κ1) is 15.2. The van der Waals surface area contributed by atoms with Crippen molar-refractivity contribution in [1.82, 2.24) is 4.57 Å². The second-order valence-corrected chi connectivity index (χ2v) is 6.20. The Morgan fingerprint density at radius 3 is 2.75 bits per heavy atom. The number of fused-ring (bicyclic) bond motifs is 3. The van der Waals surface area contributed by atoms with Crippen molar-refractivity contribution in [2.24, 2.45) is 5.92 Å². The molecule has 2 aromatic rings. The molecule has 24 heavy (non-hydrogen) atoms. The monoisotopic (exact) mass is 333 g/mol. The first-order chi connectivity index (χ1) is 11.6. The largest absolute Gasteiger partial charge is 0.493 e. The number of ketones is 1. The summed E-state index contributed by atoms with van der Waals surface area (Å²) in [5.74, 6) is 0.524. The summed E-state index contributed by atoms with van der Waals surface area (Å²) in [5.41, 5.74) is 3.22. The Labute approximate surface area is 138 Å². The zero-order valence-corrected chi connectivity index (χ0v) is 13.2. The van der Waals surface area contributed by atoms with Crippen molar-refractivity contribution in [2.75, 3.05) is 7.11 Å². The van der Waals surface area contributed by atoms with Crippen molar-refractivity contribution in [1.29, 1.82) is 0 Å². The van der Waals surface area contributed by atoms with E-state index in [1.807, 2.05) is 16.8 Å². The van der Waals surface area contributed by atoms with E-state index in [4.69, 9.17) is 4.74 Å². The van der Waals surface area contributed by atoms with Gasteiger partial charge in [-0.05, 0) is 43.0 Å². The van der Waals surface area contributed by atoms with Crippen LogP contribution in [0.15, 0.2) is 24.4 Å². The topological polar surface area (TPSA) is 40.5 Å². The van der Waals surface area contributed by atoms with Crippen LogP contribution in [0.5, 0.6) is 11.5 Å². The number of nitrogens with zero attached hydrogens (tertiary/aromatic N) is 1. The van der Waals surface area contributed by atoms with Gasteiger partial charge in [0, 0.05) is 29.8 Å². The Hall–Kier alpha value is -2.37. The van der Waals surface area contributed by atoms with Gasteiger partial charge >= 0.3 is 6.61 Å². The highest BCUT2D eigenvalue weighted by Gasteiger charge is 2.34. The van der Waals surface area contributed by atoms with Crippen LogP contribution in [0.1, 0.15) is 28.8 Å². The fourth-order valence-corrected chi connectivity index (χ4v) is 3.34. The van der Waals surface area contributed by atoms with Gasteiger partial charge in [0.2, 0.25) is 0 Å². The number of benzene rings is 1. The van der Waals surface area contributed by atoms with Gasteiger partial charge in [-0.3, -0.25) is 4.79 Å². The molecule has 6 heteroatoms. The molecule has 0 amide bonds. The number of alkyl halides is 2. The second-order valence-electron chi connectivity index (χ2n) is 6.20. The van der Waals surface area contributed by atoms with Gasteiger partial charge in [-0.15, -0.1) is 0 Å². The summed E-state index contributed by atoms with van der Waals surface area (Å²) in [6.07, 6.45) is 4.50. The summed E-state index contributed by atoms with van der Waals surface area (Å²) in [6, 6.07) is 5.13. The number of aryl methyl sites for hydroxylation is 2. The Kier molecular flexibility index (Phi) is 3.55. The summed E-state index contributed by atoms with van der Waals surface area (Å²) in [7, 11) is 1.42. The van der Waals surface area contributed by atoms with Crippen LogP contribution in [0.3, 0.4) is 0 Å². The maximum atomic E-state index is 12.7. The Morgan fingerprint density at radius 1 is 1.29 bits per heavy atom. The summed E-state index contributed by atoms with van der Waals surface area (Å²) in [5, 5.41) is 0. The van der Waals surface area contributed by atoms with E-state index in [0.29, 0.717) is 5.56 Å². The molecule has 0 unspecified atom stereocenters. The zero-order chi connectivity index (χ0) is 16.8. The van der Waals surface area contributed by atoms with E-state index in [2.05, 4.69) is 4.74 Å². The van der Waals surface area contributed by atoms with Gasteiger partial charge in [-0.1, -0.05) is 0 Å². The molecule has 1 aliphatic heterocycles. The van der Waals surface area contributed by atoms with E-state index in [1.165, 1.54) is 7.11 Å². The molecule has 0 saturated heterocycles. The Bertz CT molecular complexity index is 809. The third kappa shape index (κ3) is 2.46. The van der Waals surface area contributed by atoms with E-state index < -0.39 is 6.61 Å². The quantitative estimate of drug-likeness (QED) is 0.779. The summed E-state index contributed by atoms with van der Waals surface area (Å²) in [6.45, 7) is -2.18. The highest BCUT2D eigenvalue weighted by Crippen LogP contribution is 2.43. The predicted octanol–water partition coefficient (Wildman–Crippen LogP) is 3.91. The Balaban J connectivity index is 1.84. The van der Waals surface area contributed by atoms with Crippen LogP contribution in [0.4, 0.5) is 8.78 Å². The summed E-state index contributed by atoms with van der Waals surface area (Å²) in [4.78, 5) is 12.5. The highest BCUT2D eigenvalue weighted by molar-refractivity contribution is 6.05. The average Bonchev–Trinajstić information content (AvgIpc) is 3.32. The molecule has 126 valence electrons. The average molecular weight is 333 g/mol. The van der Waals surface area contributed by atoms with Crippen LogP contribution < -0.4 is 9.47 Å².